The van der Waals surface area contributed by atoms with Crippen LogP contribution in [0.1, 0.15) is 18.5 Å². The van der Waals surface area contributed by atoms with E-state index < -0.39 is 18.0 Å². The van der Waals surface area contributed by atoms with Gasteiger partial charge in [0.05, 0.1) is 25.3 Å². The zero-order valence-corrected chi connectivity index (χ0v) is 19.2. The average molecular weight is 469 g/mol. The van der Waals surface area contributed by atoms with Crippen LogP contribution >= 0.6 is 0 Å². The van der Waals surface area contributed by atoms with Crippen LogP contribution in [0.15, 0.2) is 47.9 Å². The van der Waals surface area contributed by atoms with E-state index in [0.717, 1.165) is 13.1 Å². The van der Waals surface area contributed by atoms with Crippen molar-refractivity contribution in [3.63, 3.8) is 0 Å². The van der Waals surface area contributed by atoms with Crippen molar-refractivity contribution in [3.05, 3.63) is 53.5 Å². The molecular formula is C23H28N6O5. The molecule has 4 rings (SSSR count). The van der Waals surface area contributed by atoms with Gasteiger partial charge in [-0.25, -0.2) is 19.6 Å². The maximum absolute atomic E-state index is 12.8. The molecule has 2 amide bonds. The van der Waals surface area contributed by atoms with E-state index in [0.29, 0.717) is 49.0 Å². The first-order chi connectivity index (χ1) is 16.5. The van der Waals surface area contributed by atoms with Gasteiger partial charge in [-0.1, -0.05) is 6.07 Å². The Balaban J connectivity index is 1.58. The number of rotatable bonds is 7. The minimum atomic E-state index is -0.755. The maximum atomic E-state index is 12.8. The third-order valence-corrected chi connectivity index (χ3v) is 5.76. The second kappa shape index (κ2) is 10.4. The first-order valence-electron chi connectivity index (χ1n) is 11.1. The summed E-state index contributed by atoms with van der Waals surface area (Å²) in [6.07, 6.45) is 3.43. The molecule has 11 heteroatoms. The van der Waals surface area contributed by atoms with Gasteiger partial charge in [0, 0.05) is 50.8 Å². The lowest BCUT2D eigenvalue weighted by atomic mass is 9.94. The summed E-state index contributed by atoms with van der Waals surface area (Å²) in [5, 5.41) is 15.6. The number of aromatic hydroxyl groups is 1. The van der Waals surface area contributed by atoms with E-state index >= 15 is 0 Å². The number of benzene rings is 1. The SMILES string of the molecule is CCOc1cc([C@@H]2NC(=O)NC(CN3CCN(c4ncccn4)CC3)=C2C(=O)OC)ccc1O. The van der Waals surface area contributed by atoms with Crippen LogP contribution in [-0.4, -0.2) is 78.4 Å². The summed E-state index contributed by atoms with van der Waals surface area (Å²) in [5.74, 6) is 0.395. The van der Waals surface area contributed by atoms with Gasteiger partial charge < -0.3 is 30.1 Å². The van der Waals surface area contributed by atoms with Gasteiger partial charge in [0.25, 0.3) is 0 Å². The van der Waals surface area contributed by atoms with Crippen molar-refractivity contribution < 1.29 is 24.2 Å². The van der Waals surface area contributed by atoms with Gasteiger partial charge in [-0.2, -0.15) is 0 Å². The van der Waals surface area contributed by atoms with E-state index in [1.54, 1.807) is 37.5 Å². The molecule has 11 nitrogen and oxygen atoms in total. The number of carbonyl (C=O) groups is 2. The Hall–Kier alpha value is -3.86. The first kappa shape index (κ1) is 23.3. The molecule has 2 aliphatic heterocycles. The summed E-state index contributed by atoms with van der Waals surface area (Å²) >= 11 is 0. The molecule has 1 saturated heterocycles. The van der Waals surface area contributed by atoms with Crippen molar-refractivity contribution in [2.24, 2.45) is 0 Å². The van der Waals surface area contributed by atoms with Crippen molar-refractivity contribution in [1.29, 1.82) is 0 Å². The topological polar surface area (TPSA) is 129 Å². The van der Waals surface area contributed by atoms with Crippen molar-refractivity contribution in [2.45, 2.75) is 13.0 Å². The number of nitrogens with zero attached hydrogens (tertiary/aromatic N) is 4. The van der Waals surface area contributed by atoms with Gasteiger partial charge in [0.1, 0.15) is 0 Å². The van der Waals surface area contributed by atoms with Crippen LogP contribution in [0.5, 0.6) is 11.5 Å². The summed E-state index contributed by atoms with van der Waals surface area (Å²) in [5.41, 5.74) is 1.39. The second-order valence-electron chi connectivity index (χ2n) is 7.89. The molecule has 0 unspecified atom stereocenters. The number of amides is 2. The fourth-order valence-electron chi connectivity index (χ4n) is 4.11. The lowest BCUT2D eigenvalue weighted by Crippen LogP contribution is -2.52. The third-order valence-electron chi connectivity index (χ3n) is 5.76. The Labute approximate surface area is 197 Å². The highest BCUT2D eigenvalue weighted by atomic mass is 16.5. The summed E-state index contributed by atoms with van der Waals surface area (Å²) in [6, 6.07) is 5.35. The number of carbonyl (C=O) groups excluding carboxylic acids is 2. The summed E-state index contributed by atoms with van der Waals surface area (Å²) in [6.45, 7) is 5.39. The molecule has 0 aliphatic carbocycles. The predicted octanol–water partition coefficient (Wildman–Crippen LogP) is 1.18. The number of aromatic nitrogens is 2. The molecule has 0 bridgehead atoms. The molecule has 2 aliphatic rings. The number of piperazine rings is 1. The second-order valence-corrected chi connectivity index (χ2v) is 7.89. The minimum Gasteiger partial charge on any atom is -0.504 e. The number of esters is 1. The van der Waals surface area contributed by atoms with E-state index in [1.807, 2.05) is 0 Å². The van der Waals surface area contributed by atoms with Crippen molar-refractivity contribution in [3.8, 4) is 11.5 Å². The Morgan fingerprint density at radius 2 is 1.94 bits per heavy atom. The van der Waals surface area contributed by atoms with Crippen molar-refractivity contribution in [1.82, 2.24) is 25.5 Å². The highest BCUT2D eigenvalue weighted by Crippen LogP contribution is 2.34. The van der Waals surface area contributed by atoms with Gasteiger partial charge in [0.2, 0.25) is 5.95 Å². The number of nitrogens with one attached hydrogen (secondary N) is 2. The van der Waals surface area contributed by atoms with Crippen LogP contribution in [0.4, 0.5) is 10.7 Å². The molecule has 3 N–H and O–H groups in total. The first-order valence-corrected chi connectivity index (χ1v) is 11.1. The van der Waals surface area contributed by atoms with Gasteiger partial charge in [0.15, 0.2) is 11.5 Å². The monoisotopic (exact) mass is 468 g/mol. The molecule has 1 aromatic carbocycles. The Bertz CT molecular complexity index is 1070. The van der Waals surface area contributed by atoms with Gasteiger partial charge in [-0.15, -0.1) is 0 Å². The lowest BCUT2D eigenvalue weighted by molar-refractivity contribution is -0.136. The molecule has 180 valence electrons. The summed E-state index contributed by atoms with van der Waals surface area (Å²) < 4.78 is 10.5. The number of phenolic OH excluding ortho intramolecular Hbond substituents is 1. The number of hydrogen-bond acceptors (Lipinski definition) is 9. The van der Waals surface area contributed by atoms with Crippen molar-refractivity contribution in [2.75, 3.05) is 51.3 Å². The predicted molar refractivity (Wildman–Crippen MR) is 123 cm³/mol. The number of ether oxygens (including phenoxy) is 2. The van der Waals surface area contributed by atoms with E-state index in [-0.39, 0.29) is 11.5 Å². The highest BCUT2D eigenvalue weighted by molar-refractivity contribution is 5.95. The molecule has 0 saturated carbocycles. The average Bonchev–Trinajstić information content (AvgIpc) is 2.86. The summed E-state index contributed by atoms with van der Waals surface area (Å²) in [4.78, 5) is 38.2. The molecule has 1 aromatic heterocycles. The Morgan fingerprint density at radius 1 is 1.21 bits per heavy atom. The zero-order chi connectivity index (χ0) is 24.1. The van der Waals surface area contributed by atoms with E-state index in [4.69, 9.17) is 9.47 Å². The summed E-state index contributed by atoms with van der Waals surface area (Å²) in [7, 11) is 1.31. The minimum absolute atomic E-state index is 0.0186. The smallest absolute Gasteiger partial charge is 0.338 e. The number of hydrogen-bond donors (Lipinski definition) is 3. The molecule has 1 atom stereocenters. The van der Waals surface area contributed by atoms with Gasteiger partial charge in [-0.3, -0.25) is 4.90 Å². The standard InChI is InChI=1S/C23H28N6O5/c1-3-34-18-13-15(5-6-17(18)30)20-19(21(31)33-2)16(26-23(32)27-20)14-28-9-11-29(12-10-28)22-24-7-4-8-25-22/h4-8,13,20,30H,3,9-12,14H2,1-2H3,(H2,26,27,32)/t20-/m0/s1. The van der Waals surface area contributed by atoms with Crippen LogP contribution < -0.4 is 20.3 Å². The van der Waals surface area contributed by atoms with Crippen LogP contribution in [0.25, 0.3) is 0 Å². The quantitative estimate of drug-likeness (QED) is 0.513. The molecule has 34 heavy (non-hydrogen) atoms. The fourth-order valence-corrected chi connectivity index (χ4v) is 4.11. The molecule has 1 fully saturated rings. The zero-order valence-electron chi connectivity index (χ0n) is 19.2. The van der Waals surface area contributed by atoms with Crippen LogP contribution in [0.2, 0.25) is 0 Å². The molecule has 0 spiro atoms. The van der Waals surface area contributed by atoms with E-state index in [1.165, 1.54) is 13.2 Å². The maximum Gasteiger partial charge on any atom is 0.338 e. The number of urea groups is 1. The molecular weight excluding hydrogens is 440 g/mol. The van der Waals surface area contributed by atoms with Crippen LogP contribution in [0.3, 0.4) is 0 Å². The Morgan fingerprint density at radius 3 is 2.62 bits per heavy atom. The van der Waals surface area contributed by atoms with Gasteiger partial charge in [-0.05, 0) is 30.7 Å². The van der Waals surface area contributed by atoms with E-state index in [9.17, 15) is 14.7 Å². The normalized spacial score (nSPS) is 18.8. The number of phenols is 1. The van der Waals surface area contributed by atoms with E-state index in [2.05, 4.69) is 30.4 Å². The number of anilines is 1. The van der Waals surface area contributed by atoms with Gasteiger partial charge >= 0.3 is 12.0 Å². The molecule has 3 heterocycles. The molecule has 2 aromatic rings. The fraction of sp³-hybridized carbons (Fsp3) is 0.391. The van der Waals surface area contributed by atoms with Crippen molar-refractivity contribution >= 4 is 17.9 Å². The van der Waals surface area contributed by atoms with Crippen LogP contribution in [0, 0.1) is 0 Å². The Kier molecular flexibility index (Phi) is 7.12. The van der Waals surface area contributed by atoms with Crippen LogP contribution in [-0.2, 0) is 9.53 Å². The largest absolute Gasteiger partial charge is 0.504 e. The lowest BCUT2D eigenvalue weighted by Gasteiger charge is -2.37. The molecule has 0 radical (unpaired) electrons. The third kappa shape index (κ3) is 5.04. The number of methoxy groups -OCH3 is 1. The highest BCUT2D eigenvalue weighted by Gasteiger charge is 2.35.